The van der Waals surface area contributed by atoms with Crippen LogP contribution in [0, 0.1) is 20.2 Å². The molecule has 0 bridgehead atoms. The van der Waals surface area contributed by atoms with Crippen molar-refractivity contribution in [2.75, 3.05) is 5.43 Å². The average Bonchev–Trinajstić information content (AvgIpc) is 2.95. The van der Waals surface area contributed by atoms with Crippen LogP contribution in [0.15, 0.2) is 34.2 Å². The summed E-state index contributed by atoms with van der Waals surface area (Å²) in [7, 11) is 0. The van der Waals surface area contributed by atoms with Gasteiger partial charge in [-0.15, -0.1) is 0 Å². The van der Waals surface area contributed by atoms with Gasteiger partial charge in [0.25, 0.3) is 0 Å². The first-order chi connectivity index (χ1) is 12.8. The lowest BCUT2D eigenvalue weighted by molar-refractivity contribution is -0.391. The molecule has 3 N–H and O–H groups in total. The summed E-state index contributed by atoms with van der Waals surface area (Å²) >= 11 is 11.8. The van der Waals surface area contributed by atoms with Crippen LogP contribution in [-0.4, -0.2) is 26.0 Å². The Balaban J connectivity index is 2.11. The van der Waals surface area contributed by atoms with E-state index in [0.717, 1.165) is 6.07 Å². The number of aromatic nitrogens is 2. The molecule has 3 rings (SSSR count). The average molecular weight is 411 g/mol. The van der Waals surface area contributed by atoms with Gasteiger partial charge in [0.1, 0.15) is 5.52 Å². The van der Waals surface area contributed by atoms with Crippen LogP contribution in [0.4, 0.5) is 17.1 Å². The van der Waals surface area contributed by atoms with Crippen molar-refractivity contribution in [3.05, 3.63) is 70.6 Å². The van der Waals surface area contributed by atoms with Crippen LogP contribution in [0.5, 0.6) is 0 Å². The smallest absolute Gasteiger partial charge is 0.305 e. The van der Waals surface area contributed by atoms with Gasteiger partial charge in [0.05, 0.1) is 26.6 Å². The van der Waals surface area contributed by atoms with Crippen LogP contribution in [0.3, 0.4) is 0 Å². The van der Waals surface area contributed by atoms with Gasteiger partial charge in [-0.25, -0.2) is 4.79 Å². The third kappa shape index (κ3) is 3.59. The highest BCUT2D eigenvalue weighted by Gasteiger charge is 2.30. The van der Waals surface area contributed by atoms with Gasteiger partial charge in [0.2, 0.25) is 5.69 Å². The molecule has 1 aromatic heterocycles. The second-order valence-electron chi connectivity index (χ2n) is 5.17. The van der Waals surface area contributed by atoms with Crippen molar-refractivity contribution >= 4 is 57.5 Å². The third-order valence-corrected chi connectivity index (χ3v) is 4.05. The standard InChI is InChI=1S/C14H8Cl2N6O5/c15-7-2-1-6(8(16)3-7)5-17-20-12-10(21(24)25)4-9-11(13(12)22(26)27)19-14(23)18-9/h1-5,20H,(H2,18,19,23). The number of nitrogens with zero attached hydrogens (tertiary/aromatic N) is 3. The van der Waals surface area contributed by atoms with Crippen LogP contribution in [-0.2, 0) is 0 Å². The number of hydrogen-bond donors (Lipinski definition) is 3. The molecule has 138 valence electrons. The van der Waals surface area contributed by atoms with Crippen molar-refractivity contribution in [3.8, 4) is 0 Å². The van der Waals surface area contributed by atoms with Gasteiger partial charge in [-0.3, -0.25) is 30.6 Å². The molecule has 13 heteroatoms. The maximum Gasteiger partial charge on any atom is 0.326 e. The molecule has 0 aliphatic heterocycles. The molecule has 1 heterocycles. The first-order valence-electron chi connectivity index (χ1n) is 7.10. The van der Waals surface area contributed by atoms with E-state index in [9.17, 15) is 25.0 Å². The molecule has 0 aliphatic rings. The molecule has 0 atom stereocenters. The molecule has 0 saturated heterocycles. The Morgan fingerprint density at radius 2 is 1.85 bits per heavy atom. The Bertz CT molecular complexity index is 1170. The lowest BCUT2D eigenvalue weighted by Gasteiger charge is -2.05. The van der Waals surface area contributed by atoms with E-state index in [0.29, 0.717) is 10.6 Å². The van der Waals surface area contributed by atoms with Crippen molar-refractivity contribution in [2.24, 2.45) is 5.10 Å². The van der Waals surface area contributed by atoms with E-state index in [4.69, 9.17) is 23.2 Å². The van der Waals surface area contributed by atoms with E-state index in [2.05, 4.69) is 20.5 Å². The number of nitrogens with one attached hydrogen (secondary N) is 3. The topological polar surface area (TPSA) is 159 Å². The van der Waals surface area contributed by atoms with E-state index in [1.54, 1.807) is 12.1 Å². The van der Waals surface area contributed by atoms with Gasteiger partial charge >= 0.3 is 17.1 Å². The van der Waals surface area contributed by atoms with Gasteiger partial charge in [-0.2, -0.15) is 5.10 Å². The van der Waals surface area contributed by atoms with E-state index in [-0.39, 0.29) is 16.1 Å². The molecule has 2 aromatic carbocycles. The van der Waals surface area contributed by atoms with Crippen molar-refractivity contribution in [1.29, 1.82) is 0 Å². The highest BCUT2D eigenvalue weighted by molar-refractivity contribution is 6.36. The summed E-state index contributed by atoms with van der Waals surface area (Å²) in [6, 6.07) is 5.56. The van der Waals surface area contributed by atoms with Gasteiger partial charge in [-0.1, -0.05) is 29.3 Å². The summed E-state index contributed by atoms with van der Waals surface area (Å²) in [5, 5.41) is 27.2. The maximum atomic E-state index is 11.5. The number of anilines is 1. The Kier molecular flexibility index (Phi) is 4.79. The number of benzene rings is 2. The SMILES string of the molecule is O=c1[nH]c2cc([N+](=O)[O-])c(NN=Cc3ccc(Cl)cc3Cl)c([N+](=O)[O-])c2[nH]1. The molecule has 3 aromatic rings. The van der Waals surface area contributed by atoms with Crippen LogP contribution in [0.1, 0.15) is 5.56 Å². The number of hydrazone groups is 1. The molecule has 0 fully saturated rings. The highest BCUT2D eigenvalue weighted by Crippen LogP contribution is 2.39. The first-order valence-corrected chi connectivity index (χ1v) is 7.85. The summed E-state index contributed by atoms with van der Waals surface area (Å²) in [4.78, 5) is 37.0. The number of halogens is 2. The molecule has 0 aliphatic carbocycles. The molecule has 0 unspecified atom stereocenters. The summed E-state index contributed by atoms with van der Waals surface area (Å²) in [5.41, 5.74) is -0.115. The van der Waals surface area contributed by atoms with E-state index in [1.807, 2.05) is 0 Å². The number of H-pyrrole nitrogens is 2. The molecule has 27 heavy (non-hydrogen) atoms. The molecule has 11 nitrogen and oxygen atoms in total. The van der Waals surface area contributed by atoms with Crippen molar-refractivity contribution in [1.82, 2.24) is 9.97 Å². The minimum absolute atomic E-state index is 0.0753. The molecule has 0 amide bonds. The second kappa shape index (κ2) is 7.05. The summed E-state index contributed by atoms with van der Waals surface area (Å²) in [5.74, 6) is 0. The summed E-state index contributed by atoms with van der Waals surface area (Å²) in [6.07, 6.45) is 1.22. The number of hydrogen-bond acceptors (Lipinski definition) is 7. The number of imidazole rings is 1. The molecular weight excluding hydrogens is 403 g/mol. The zero-order valence-corrected chi connectivity index (χ0v) is 14.5. The first kappa shape index (κ1) is 18.4. The van der Waals surface area contributed by atoms with Gasteiger partial charge < -0.3 is 4.98 Å². The van der Waals surface area contributed by atoms with Crippen LogP contribution in [0.2, 0.25) is 10.0 Å². The predicted octanol–water partition coefficient (Wildman–Crippen LogP) is 3.43. The number of fused-ring (bicyclic) bond motifs is 1. The summed E-state index contributed by atoms with van der Waals surface area (Å²) in [6.45, 7) is 0. The minimum Gasteiger partial charge on any atom is -0.305 e. The lowest BCUT2D eigenvalue weighted by atomic mass is 10.2. The fraction of sp³-hybridized carbons (Fsp3) is 0. The number of nitro benzene ring substituents is 2. The summed E-state index contributed by atoms with van der Waals surface area (Å²) < 4.78 is 0. The van der Waals surface area contributed by atoms with Gasteiger partial charge in [-0.05, 0) is 12.1 Å². The van der Waals surface area contributed by atoms with Crippen LogP contribution < -0.4 is 11.1 Å². The van der Waals surface area contributed by atoms with Crippen molar-refractivity contribution in [3.63, 3.8) is 0 Å². The normalized spacial score (nSPS) is 11.2. The number of rotatable bonds is 5. The Morgan fingerprint density at radius 1 is 1.11 bits per heavy atom. The Morgan fingerprint density at radius 3 is 2.48 bits per heavy atom. The van der Waals surface area contributed by atoms with Crippen LogP contribution in [0.25, 0.3) is 11.0 Å². The lowest BCUT2D eigenvalue weighted by Crippen LogP contribution is -2.03. The zero-order valence-electron chi connectivity index (χ0n) is 13.0. The van der Waals surface area contributed by atoms with E-state index >= 15 is 0 Å². The zero-order chi connectivity index (χ0) is 19.7. The van der Waals surface area contributed by atoms with Crippen LogP contribution >= 0.6 is 23.2 Å². The monoisotopic (exact) mass is 410 g/mol. The number of aromatic amines is 2. The largest absolute Gasteiger partial charge is 0.326 e. The highest BCUT2D eigenvalue weighted by atomic mass is 35.5. The fourth-order valence-corrected chi connectivity index (χ4v) is 2.81. The Labute approximate surface area is 158 Å². The second-order valence-corrected chi connectivity index (χ2v) is 6.01. The quantitative estimate of drug-likeness (QED) is 0.331. The van der Waals surface area contributed by atoms with Crippen molar-refractivity contribution in [2.45, 2.75) is 0 Å². The minimum atomic E-state index is -0.855. The molecule has 0 radical (unpaired) electrons. The van der Waals surface area contributed by atoms with Gasteiger partial charge in [0.15, 0.2) is 0 Å². The van der Waals surface area contributed by atoms with E-state index < -0.39 is 32.6 Å². The number of nitro groups is 2. The third-order valence-electron chi connectivity index (χ3n) is 3.49. The maximum absolute atomic E-state index is 11.5. The van der Waals surface area contributed by atoms with Gasteiger partial charge in [0, 0.05) is 16.7 Å². The van der Waals surface area contributed by atoms with Crippen molar-refractivity contribution < 1.29 is 9.85 Å². The fourth-order valence-electron chi connectivity index (χ4n) is 2.36. The molecule has 0 saturated carbocycles. The molecular formula is C14H8Cl2N6O5. The Hall–Kier alpha value is -3.44. The van der Waals surface area contributed by atoms with E-state index in [1.165, 1.54) is 12.3 Å². The molecule has 0 spiro atoms. The predicted molar refractivity (Wildman–Crippen MR) is 99.9 cm³/mol.